The molecule has 1 saturated heterocycles. The Kier molecular flexibility index (Phi) is 5.84. The lowest BCUT2D eigenvalue weighted by Crippen LogP contribution is -2.42. The predicted octanol–water partition coefficient (Wildman–Crippen LogP) is 3.10. The number of aliphatic hydroxyl groups excluding tert-OH is 1. The van der Waals surface area contributed by atoms with Gasteiger partial charge in [0, 0.05) is 19.2 Å². The molecule has 1 aliphatic carbocycles. The van der Waals surface area contributed by atoms with Crippen molar-refractivity contribution in [2.45, 2.75) is 63.8 Å². The first-order valence-electron chi connectivity index (χ1n) is 7.75. The third-order valence-corrected chi connectivity index (χ3v) is 5.65. The van der Waals surface area contributed by atoms with Crippen LogP contribution in [-0.2, 0) is 0 Å². The van der Waals surface area contributed by atoms with E-state index in [0.29, 0.717) is 12.0 Å². The number of rotatable bonds is 6. The molecule has 1 aliphatic heterocycles. The van der Waals surface area contributed by atoms with Crippen molar-refractivity contribution >= 4 is 12.6 Å². The molecular weight excluding hydrogens is 242 g/mol. The highest BCUT2D eigenvalue weighted by Gasteiger charge is 2.35. The molecule has 2 fully saturated rings. The standard InChI is InChI=1S/C15H29NOS/c17-11-5-7-14-6-4-10-16(14)12-15(13-18)8-2-1-3-9-15/h14,17-18H,1-13H2. The number of hydrogen-bond donors (Lipinski definition) is 2. The Bertz CT molecular complexity index is 241. The third-order valence-electron chi connectivity index (χ3n) is 4.98. The molecule has 18 heavy (non-hydrogen) atoms. The molecule has 1 atom stereocenters. The van der Waals surface area contributed by atoms with Crippen LogP contribution in [0.4, 0.5) is 0 Å². The monoisotopic (exact) mass is 271 g/mol. The van der Waals surface area contributed by atoms with E-state index in [1.54, 1.807) is 0 Å². The van der Waals surface area contributed by atoms with E-state index in [1.165, 1.54) is 64.5 Å². The van der Waals surface area contributed by atoms with Crippen molar-refractivity contribution in [3.05, 3.63) is 0 Å². The fourth-order valence-electron chi connectivity index (χ4n) is 3.86. The molecule has 3 heteroatoms. The Morgan fingerprint density at radius 3 is 2.61 bits per heavy atom. The molecule has 0 spiro atoms. The Morgan fingerprint density at radius 2 is 1.94 bits per heavy atom. The highest BCUT2D eigenvalue weighted by molar-refractivity contribution is 7.80. The average Bonchev–Trinajstić information content (AvgIpc) is 2.84. The Morgan fingerprint density at radius 1 is 1.17 bits per heavy atom. The second-order valence-corrected chi connectivity index (χ2v) is 6.67. The van der Waals surface area contributed by atoms with Crippen molar-refractivity contribution in [3.8, 4) is 0 Å². The molecule has 0 radical (unpaired) electrons. The van der Waals surface area contributed by atoms with Crippen molar-refractivity contribution in [1.29, 1.82) is 0 Å². The minimum Gasteiger partial charge on any atom is -0.396 e. The molecule has 1 unspecified atom stereocenters. The summed E-state index contributed by atoms with van der Waals surface area (Å²) in [7, 11) is 0. The van der Waals surface area contributed by atoms with Crippen LogP contribution >= 0.6 is 12.6 Å². The van der Waals surface area contributed by atoms with Gasteiger partial charge in [0.2, 0.25) is 0 Å². The number of hydrogen-bond acceptors (Lipinski definition) is 3. The van der Waals surface area contributed by atoms with Gasteiger partial charge < -0.3 is 5.11 Å². The second-order valence-electron chi connectivity index (χ2n) is 6.35. The maximum absolute atomic E-state index is 9.00. The van der Waals surface area contributed by atoms with Crippen molar-refractivity contribution < 1.29 is 5.11 Å². The van der Waals surface area contributed by atoms with Gasteiger partial charge in [-0.1, -0.05) is 19.3 Å². The van der Waals surface area contributed by atoms with Gasteiger partial charge in [-0.15, -0.1) is 0 Å². The average molecular weight is 271 g/mol. The van der Waals surface area contributed by atoms with Crippen molar-refractivity contribution in [2.24, 2.45) is 5.41 Å². The van der Waals surface area contributed by atoms with Crippen molar-refractivity contribution in [2.75, 3.05) is 25.4 Å². The van der Waals surface area contributed by atoms with Gasteiger partial charge in [0.05, 0.1) is 0 Å². The zero-order chi connectivity index (χ0) is 12.8. The largest absolute Gasteiger partial charge is 0.396 e. The van der Waals surface area contributed by atoms with E-state index in [-0.39, 0.29) is 0 Å². The molecule has 1 heterocycles. The number of thiol groups is 1. The van der Waals surface area contributed by atoms with E-state index < -0.39 is 0 Å². The SMILES string of the molecule is OCCCC1CCCN1CC1(CS)CCCCC1. The fraction of sp³-hybridized carbons (Fsp3) is 1.00. The number of nitrogens with zero attached hydrogens (tertiary/aromatic N) is 1. The normalized spacial score (nSPS) is 28.7. The summed E-state index contributed by atoms with van der Waals surface area (Å²) in [5.74, 6) is 1.05. The minimum absolute atomic E-state index is 0.349. The number of aliphatic hydroxyl groups is 1. The van der Waals surface area contributed by atoms with Gasteiger partial charge in [-0.05, 0) is 56.2 Å². The first-order valence-corrected chi connectivity index (χ1v) is 8.39. The molecule has 106 valence electrons. The molecule has 2 nitrogen and oxygen atoms in total. The lowest BCUT2D eigenvalue weighted by Gasteiger charge is -2.41. The predicted molar refractivity (Wildman–Crippen MR) is 80.3 cm³/mol. The summed E-state index contributed by atoms with van der Waals surface area (Å²) in [6, 6.07) is 0.732. The van der Waals surface area contributed by atoms with Crippen LogP contribution in [0.15, 0.2) is 0 Å². The van der Waals surface area contributed by atoms with E-state index in [2.05, 4.69) is 17.5 Å². The quantitative estimate of drug-likeness (QED) is 0.725. The summed E-state index contributed by atoms with van der Waals surface area (Å²) in [6.07, 6.45) is 11.8. The molecule has 0 amide bonds. The summed E-state index contributed by atoms with van der Waals surface area (Å²) < 4.78 is 0. The smallest absolute Gasteiger partial charge is 0.0431 e. The van der Waals surface area contributed by atoms with Gasteiger partial charge in [0.1, 0.15) is 0 Å². The van der Waals surface area contributed by atoms with Gasteiger partial charge >= 0.3 is 0 Å². The first kappa shape index (κ1) is 14.7. The zero-order valence-corrected chi connectivity index (χ0v) is 12.5. The summed E-state index contributed by atoms with van der Waals surface area (Å²) in [4.78, 5) is 2.71. The first-order chi connectivity index (χ1) is 8.79. The van der Waals surface area contributed by atoms with E-state index >= 15 is 0 Å². The Labute approximate surface area is 118 Å². The number of likely N-dealkylation sites (tertiary alicyclic amines) is 1. The van der Waals surface area contributed by atoms with Gasteiger partial charge in [-0.25, -0.2) is 0 Å². The molecule has 0 bridgehead atoms. The van der Waals surface area contributed by atoms with Crippen molar-refractivity contribution in [3.63, 3.8) is 0 Å². The van der Waals surface area contributed by atoms with Gasteiger partial charge in [0.25, 0.3) is 0 Å². The van der Waals surface area contributed by atoms with Crippen LogP contribution in [0.3, 0.4) is 0 Å². The molecular formula is C15H29NOS. The maximum atomic E-state index is 9.00. The maximum Gasteiger partial charge on any atom is 0.0431 e. The molecule has 0 aromatic rings. The Hall–Kier alpha value is 0.270. The third kappa shape index (κ3) is 3.64. The van der Waals surface area contributed by atoms with Crippen LogP contribution in [-0.4, -0.2) is 41.5 Å². The van der Waals surface area contributed by atoms with Crippen LogP contribution in [0, 0.1) is 5.41 Å². The summed E-state index contributed by atoms with van der Waals surface area (Å²) in [6.45, 7) is 2.88. The topological polar surface area (TPSA) is 23.5 Å². The lowest BCUT2D eigenvalue weighted by molar-refractivity contribution is 0.110. The summed E-state index contributed by atoms with van der Waals surface area (Å²) in [5, 5.41) is 9.00. The van der Waals surface area contributed by atoms with E-state index in [1.807, 2.05) is 0 Å². The van der Waals surface area contributed by atoms with Gasteiger partial charge in [-0.2, -0.15) is 12.6 Å². The summed E-state index contributed by atoms with van der Waals surface area (Å²) >= 11 is 4.66. The van der Waals surface area contributed by atoms with E-state index in [9.17, 15) is 0 Å². The van der Waals surface area contributed by atoms with Gasteiger partial charge in [-0.3, -0.25) is 4.90 Å². The molecule has 1 N–H and O–H groups in total. The van der Waals surface area contributed by atoms with E-state index in [0.717, 1.165) is 18.2 Å². The van der Waals surface area contributed by atoms with Crippen molar-refractivity contribution in [1.82, 2.24) is 4.90 Å². The molecule has 2 rings (SSSR count). The molecule has 0 aromatic heterocycles. The van der Waals surface area contributed by atoms with Crippen LogP contribution < -0.4 is 0 Å². The van der Waals surface area contributed by atoms with Crippen LogP contribution in [0.25, 0.3) is 0 Å². The van der Waals surface area contributed by atoms with Gasteiger partial charge in [0.15, 0.2) is 0 Å². The highest BCUT2D eigenvalue weighted by atomic mass is 32.1. The molecule has 0 aromatic carbocycles. The van der Waals surface area contributed by atoms with Crippen LogP contribution in [0.2, 0.25) is 0 Å². The highest BCUT2D eigenvalue weighted by Crippen LogP contribution is 2.39. The second kappa shape index (κ2) is 7.16. The minimum atomic E-state index is 0.349. The van der Waals surface area contributed by atoms with Crippen LogP contribution in [0.1, 0.15) is 57.8 Å². The molecule has 2 aliphatic rings. The lowest BCUT2D eigenvalue weighted by atomic mass is 9.75. The Balaban J connectivity index is 1.89. The zero-order valence-electron chi connectivity index (χ0n) is 11.6. The fourth-order valence-corrected chi connectivity index (χ4v) is 4.27. The van der Waals surface area contributed by atoms with E-state index in [4.69, 9.17) is 5.11 Å². The summed E-state index contributed by atoms with van der Waals surface area (Å²) in [5.41, 5.74) is 0.489. The molecule has 1 saturated carbocycles. The van der Waals surface area contributed by atoms with Crippen LogP contribution in [0.5, 0.6) is 0 Å².